The molecule has 0 saturated heterocycles. The largest absolute Gasteiger partial charge is 0.466 e. The average Bonchev–Trinajstić information content (AvgIpc) is 2.87. The fourth-order valence-corrected chi connectivity index (χ4v) is 2.23. The molecule has 0 radical (unpaired) electrons. The number of carbonyl (C=O) groups is 2. The van der Waals surface area contributed by atoms with Crippen LogP contribution in [-0.2, 0) is 9.53 Å². The van der Waals surface area contributed by atoms with E-state index in [4.69, 9.17) is 20.8 Å². The number of nitrogens with zero attached hydrogens (tertiary/aromatic N) is 1. The zero-order valence-corrected chi connectivity index (χ0v) is 14.4. The van der Waals surface area contributed by atoms with Gasteiger partial charge < -0.3 is 14.5 Å². The van der Waals surface area contributed by atoms with E-state index in [2.05, 4.69) is 5.32 Å². The Kier molecular flexibility index (Phi) is 5.43. The second-order valence-corrected chi connectivity index (χ2v) is 5.69. The molecule has 25 heavy (non-hydrogen) atoms. The first kappa shape index (κ1) is 18.5. The average molecular weight is 367 g/mol. The van der Waals surface area contributed by atoms with Gasteiger partial charge in [0, 0.05) is 12.1 Å². The third kappa shape index (κ3) is 4.36. The number of furan rings is 1. The van der Waals surface area contributed by atoms with Crippen molar-refractivity contribution in [3.8, 4) is 0 Å². The number of hydrogen-bond acceptors (Lipinski definition) is 6. The number of nitrogens with one attached hydrogen (secondary N) is 1. The topological polar surface area (TPSA) is 112 Å². The van der Waals surface area contributed by atoms with Crippen LogP contribution >= 0.6 is 11.6 Å². The Balaban J connectivity index is 2.08. The van der Waals surface area contributed by atoms with Crippen molar-refractivity contribution in [2.24, 2.45) is 0 Å². The van der Waals surface area contributed by atoms with Crippen molar-refractivity contribution in [3.05, 3.63) is 56.5 Å². The van der Waals surface area contributed by atoms with Crippen molar-refractivity contribution in [2.45, 2.75) is 26.9 Å². The van der Waals surface area contributed by atoms with Crippen molar-refractivity contribution in [2.75, 3.05) is 5.32 Å². The molecule has 132 valence electrons. The molecule has 0 aliphatic heterocycles. The van der Waals surface area contributed by atoms with Gasteiger partial charge in [0.15, 0.2) is 6.10 Å². The van der Waals surface area contributed by atoms with Gasteiger partial charge in [0.05, 0.1) is 15.6 Å². The van der Waals surface area contributed by atoms with E-state index in [0.29, 0.717) is 11.5 Å². The molecule has 0 fully saturated rings. The van der Waals surface area contributed by atoms with Gasteiger partial charge in [-0.1, -0.05) is 11.6 Å². The predicted octanol–water partition coefficient (Wildman–Crippen LogP) is 3.64. The Labute approximate surface area is 147 Å². The van der Waals surface area contributed by atoms with Crippen molar-refractivity contribution in [1.82, 2.24) is 0 Å². The number of rotatable bonds is 5. The zero-order valence-electron chi connectivity index (χ0n) is 13.7. The van der Waals surface area contributed by atoms with E-state index in [1.165, 1.54) is 25.1 Å². The summed E-state index contributed by atoms with van der Waals surface area (Å²) in [6, 6.07) is 5.15. The van der Waals surface area contributed by atoms with Crippen LogP contribution in [0.25, 0.3) is 0 Å². The first-order chi connectivity index (χ1) is 11.7. The van der Waals surface area contributed by atoms with Gasteiger partial charge in [-0.05, 0) is 32.9 Å². The van der Waals surface area contributed by atoms with Gasteiger partial charge in [0.25, 0.3) is 11.6 Å². The lowest BCUT2D eigenvalue weighted by Gasteiger charge is -2.14. The number of halogens is 1. The van der Waals surface area contributed by atoms with E-state index in [-0.39, 0.29) is 22.0 Å². The van der Waals surface area contributed by atoms with E-state index in [1.807, 2.05) is 0 Å². The van der Waals surface area contributed by atoms with Crippen molar-refractivity contribution >= 4 is 34.9 Å². The molecule has 9 heteroatoms. The third-order valence-electron chi connectivity index (χ3n) is 3.33. The predicted molar refractivity (Wildman–Crippen MR) is 89.8 cm³/mol. The molecule has 1 aromatic carbocycles. The Morgan fingerprint density at radius 1 is 1.32 bits per heavy atom. The van der Waals surface area contributed by atoms with Crippen LogP contribution in [-0.4, -0.2) is 22.9 Å². The molecular formula is C16H15ClN2O6. The lowest BCUT2D eigenvalue weighted by molar-refractivity contribution is -0.384. The second kappa shape index (κ2) is 7.35. The molecule has 0 aliphatic rings. The fourth-order valence-electron chi connectivity index (χ4n) is 2.07. The summed E-state index contributed by atoms with van der Waals surface area (Å²) >= 11 is 5.92. The summed E-state index contributed by atoms with van der Waals surface area (Å²) in [5, 5.41) is 13.3. The van der Waals surface area contributed by atoms with Gasteiger partial charge in [0.2, 0.25) is 0 Å². The number of amides is 1. The Morgan fingerprint density at radius 3 is 2.56 bits per heavy atom. The maximum atomic E-state index is 12.2. The smallest absolute Gasteiger partial charge is 0.342 e. The summed E-state index contributed by atoms with van der Waals surface area (Å²) in [4.78, 5) is 34.4. The molecule has 0 aliphatic carbocycles. The number of nitro benzene ring substituents is 1. The molecule has 1 heterocycles. The highest BCUT2D eigenvalue weighted by Gasteiger charge is 2.23. The van der Waals surface area contributed by atoms with Crippen molar-refractivity contribution < 1.29 is 23.7 Å². The minimum atomic E-state index is -1.14. The number of anilines is 1. The summed E-state index contributed by atoms with van der Waals surface area (Å²) in [5.74, 6) is -0.447. The first-order valence-corrected chi connectivity index (χ1v) is 7.59. The minimum absolute atomic E-state index is 0.0547. The highest BCUT2D eigenvalue weighted by atomic mass is 35.5. The normalized spacial score (nSPS) is 11.7. The molecule has 1 N–H and O–H groups in total. The number of esters is 1. The molecule has 2 rings (SSSR count). The number of nitro groups is 1. The van der Waals surface area contributed by atoms with E-state index in [1.54, 1.807) is 13.8 Å². The zero-order chi connectivity index (χ0) is 18.7. The van der Waals surface area contributed by atoms with E-state index < -0.39 is 22.9 Å². The number of non-ortho nitro benzene ring substituents is 1. The van der Waals surface area contributed by atoms with Gasteiger partial charge >= 0.3 is 5.97 Å². The van der Waals surface area contributed by atoms with Gasteiger partial charge in [-0.2, -0.15) is 0 Å². The molecule has 0 bridgehead atoms. The highest BCUT2D eigenvalue weighted by molar-refractivity contribution is 6.33. The molecule has 1 atom stereocenters. The molecule has 0 spiro atoms. The van der Waals surface area contributed by atoms with Crippen LogP contribution < -0.4 is 5.32 Å². The van der Waals surface area contributed by atoms with E-state index in [0.717, 1.165) is 6.07 Å². The molecule has 0 saturated carbocycles. The Hall–Kier alpha value is -2.87. The molecule has 8 nitrogen and oxygen atoms in total. The van der Waals surface area contributed by atoms with Crippen LogP contribution in [0.15, 0.2) is 28.7 Å². The molecule has 1 aromatic heterocycles. The number of benzene rings is 1. The van der Waals surface area contributed by atoms with Crippen LogP contribution in [0.2, 0.25) is 5.02 Å². The summed E-state index contributed by atoms with van der Waals surface area (Å²) in [7, 11) is 0. The van der Waals surface area contributed by atoms with E-state index in [9.17, 15) is 19.7 Å². The van der Waals surface area contributed by atoms with Gasteiger partial charge in [-0.3, -0.25) is 14.9 Å². The van der Waals surface area contributed by atoms with Crippen LogP contribution in [0.4, 0.5) is 11.4 Å². The summed E-state index contributed by atoms with van der Waals surface area (Å²) in [6.45, 7) is 4.67. The third-order valence-corrected chi connectivity index (χ3v) is 3.66. The lowest BCUT2D eigenvalue weighted by atomic mass is 10.2. The van der Waals surface area contributed by atoms with Crippen LogP contribution in [0.1, 0.15) is 28.8 Å². The molecule has 2 aromatic rings. The number of carbonyl (C=O) groups excluding carboxylic acids is 2. The van der Waals surface area contributed by atoms with Crippen LogP contribution in [0, 0.1) is 24.0 Å². The first-order valence-electron chi connectivity index (χ1n) is 7.22. The molecule has 1 amide bonds. The van der Waals surface area contributed by atoms with Crippen molar-refractivity contribution in [1.29, 1.82) is 0 Å². The Bertz CT molecular complexity index is 845. The van der Waals surface area contributed by atoms with Crippen LogP contribution in [0.5, 0.6) is 0 Å². The summed E-state index contributed by atoms with van der Waals surface area (Å²) < 4.78 is 10.3. The number of aryl methyl sites for hydroxylation is 2. The maximum absolute atomic E-state index is 12.2. The van der Waals surface area contributed by atoms with Crippen LogP contribution in [0.3, 0.4) is 0 Å². The summed E-state index contributed by atoms with van der Waals surface area (Å²) in [5.41, 5.74) is 0.0541. The van der Waals surface area contributed by atoms with Gasteiger partial charge in [0.1, 0.15) is 17.1 Å². The summed E-state index contributed by atoms with van der Waals surface area (Å²) in [6.07, 6.45) is -1.14. The highest BCUT2D eigenvalue weighted by Crippen LogP contribution is 2.27. The monoisotopic (exact) mass is 366 g/mol. The molecule has 0 unspecified atom stereocenters. The Morgan fingerprint density at radius 2 is 2.00 bits per heavy atom. The SMILES string of the molecule is Cc1cc(C(=O)O[C@H](C)C(=O)Nc2cc([N+](=O)[O-])ccc2Cl)c(C)o1. The number of ether oxygens (including phenoxy) is 1. The second-order valence-electron chi connectivity index (χ2n) is 5.28. The van der Waals surface area contributed by atoms with Crippen molar-refractivity contribution in [3.63, 3.8) is 0 Å². The van der Waals surface area contributed by atoms with Gasteiger partial charge in [-0.25, -0.2) is 4.79 Å². The minimum Gasteiger partial charge on any atom is -0.466 e. The molecular weight excluding hydrogens is 352 g/mol. The van der Waals surface area contributed by atoms with Gasteiger partial charge in [-0.15, -0.1) is 0 Å². The van der Waals surface area contributed by atoms with E-state index >= 15 is 0 Å². The maximum Gasteiger partial charge on any atom is 0.342 e. The quantitative estimate of drug-likeness (QED) is 0.491. The lowest BCUT2D eigenvalue weighted by Crippen LogP contribution is -2.30. The number of hydrogen-bond donors (Lipinski definition) is 1. The standard InChI is InChI=1S/C16H15ClN2O6/c1-8-6-12(9(2)24-8)16(21)25-10(3)15(20)18-14-7-11(19(22)23)4-5-13(14)17/h4-7,10H,1-3H3,(H,18,20)/t10-/m1/s1. The fraction of sp³-hybridized carbons (Fsp3) is 0.250.